The minimum atomic E-state index is -0.0408. The molecule has 122 valence electrons. The molecule has 0 spiro atoms. The number of thioether (sulfide) groups is 1. The van der Waals surface area contributed by atoms with Gasteiger partial charge in [0.2, 0.25) is 5.91 Å². The van der Waals surface area contributed by atoms with Gasteiger partial charge in [-0.2, -0.15) is 0 Å². The third-order valence-corrected chi connectivity index (χ3v) is 4.87. The number of nitrogens with one attached hydrogen (secondary N) is 1. The van der Waals surface area contributed by atoms with Gasteiger partial charge in [-0.1, -0.05) is 59.8 Å². The Morgan fingerprint density at radius 2 is 1.96 bits per heavy atom. The van der Waals surface area contributed by atoms with E-state index in [4.69, 9.17) is 11.6 Å². The van der Waals surface area contributed by atoms with Gasteiger partial charge < -0.3 is 5.32 Å². The fourth-order valence-corrected chi connectivity index (χ4v) is 3.20. The molecular formula is C19H17ClN2OS. The van der Waals surface area contributed by atoms with Gasteiger partial charge in [-0.15, -0.1) is 0 Å². The van der Waals surface area contributed by atoms with Crippen molar-refractivity contribution in [2.75, 3.05) is 5.75 Å². The molecule has 1 N–H and O–H groups in total. The summed E-state index contributed by atoms with van der Waals surface area (Å²) in [6.45, 7) is 1.99. The highest BCUT2D eigenvalue weighted by Crippen LogP contribution is 2.21. The molecule has 5 heteroatoms. The third kappa shape index (κ3) is 4.28. The van der Waals surface area contributed by atoms with Gasteiger partial charge in [0, 0.05) is 6.20 Å². The van der Waals surface area contributed by atoms with Crippen LogP contribution < -0.4 is 5.32 Å². The van der Waals surface area contributed by atoms with Crippen molar-refractivity contribution >= 4 is 40.0 Å². The van der Waals surface area contributed by atoms with Crippen molar-refractivity contribution in [1.29, 1.82) is 0 Å². The largest absolute Gasteiger partial charge is 0.349 e. The predicted molar refractivity (Wildman–Crippen MR) is 100 cm³/mol. The molecule has 1 unspecified atom stereocenters. The third-order valence-electron chi connectivity index (χ3n) is 3.70. The molecule has 0 aliphatic rings. The fourth-order valence-electron chi connectivity index (χ4n) is 2.43. The molecule has 0 fully saturated rings. The van der Waals surface area contributed by atoms with Crippen LogP contribution >= 0.6 is 23.4 Å². The number of hydrogen-bond acceptors (Lipinski definition) is 3. The fraction of sp³-hybridized carbons (Fsp3) is 0.158. The molecule has 3 aromatic rings. The van der Waals surface area contributed by atoms with Crippen LogP contribution in [-0.4, -0.2) is 16.6 Å². The van der Waals surface area contributed by atoms with E-state index in [1.54, 1.807) is 12.3 Å². The van der Waals surface area contributed by atoms with Gasteiger partial charge in [0.15, 0.2) is 0 Å². The molecule has 3 nitrogen and oxygen atoms in total. The van der Waals surface area contributed by atoms with Crippen molar-refractivity contribution in [3.05, 3.63) is 71.4 Å². The minimum Gasteiger partial charge on any atom is -0.349 e. The van der Waals surface area contributed by atoms with E-state index in [2.05, 4.69) is 40.6 Å². The van der Waals surface area contributed by atoms with Crippen molar-refractivity contribution in [1.82, 2.24) is 10.3 Å². The lowest BCUT2D eigenvalue weighted by Crippen LogP contribution is -2.28. The molecule has 0 aliphatic carbocycles. The summed E-state index contributed by atoms with van der Waals surface area (Å²) in [7, 11) is 0. The van der Waals surface area contributed by atoms with Crippen LogP contribution in [0, 0.1) is 0 Å². The molecule has 0 radical (unpaired) electrons. The Morgan fingerprint density at radius 3 is 2.71 bits per heavy atom. The highest BCUT2D eigenvalue weighted by Gasteiger charge is 2.11. The summed E-state index contributed by atoms with van der Waals surface area (Å²) in [5.41, 5.74) is 1.09. The second-order valence-electron chi connectivity index (χ2n) is 5.50. The van der Waals surface area contributed by atoms with E-state index >= 15 is 0 Å². The highest BCUT2D eigenvalue weighted by atomic mass is 35.5. The van der Waals surface area contributed by atoms with Crippen molar-refractivity contribution in [2.45, 2.75) is 18.0 Å². The Hall–Kier alpha value is -2.04. The Labute approximate surface area is 150 Å². The maximum atomic E-state index is 12.1. The van der Waals surface area contributed by atoms with Crippen LogP contribution in [0.4, 0.5) is 0 Å². The summed E-state index contributed by atoms with van der Waals surface area (Å²) in [6.07, 6.45) is 1.58. The van der Waals surface area contributed by atoms with Crippen molar-refractivity contribution < 1.29 is 4.79 Å². The van der Waals surface area contributed by atoms with E-state index in [9.17, 15) is 4.79 Å². The van der Waals surface area contributed by atoms with Crippen LogP contribution in [-0.2, 0) is 4.79 Å². The molecular weight excluding hydrogens is 340 g/mol. The lowest BCUT2D eigenvalue weighted by molar-refractivity contribution is -0.119. The lowest BCUT2D eigenvalue weighted by atomic mass is 10.0. The number of carbonyl (C=O) groups excluding carboxylic acids is 1. The van der Waals surface area contributed by atoms with Crippen molar-refractivity contribution in [3.63, 3.8) is 0 Å². The average molecular weight is 357 g/mol. The van der Waals surface area contributed by atoms with Gasteiger partial charge in [0.1, 0.15) is 0 Å². The first-order chi connectivity index (χ1) is 11.6. The van der Waals surface area contributed by atoms with Gasteiger partial charge >= 0.3 is 0 Å². The van der Waals surface area contributed by atoms with Gasteiger partial charge in [0.05, 0.1) is 21.8 Å². The van der Waals surface area contributed by atoms with E-state index in [1.807, 2.05) is 25.1 Å². The van der Waals surface area contributed by atoms with Gasteiger partial charge in [0.25, 0.3) is 0 Å². The molecule has 24 heavy (non-hydrogen) atoms. The van der Waals surface area contributed by atoms with Crippen LogP contribution in [0.25, 0.3) is 10.8 Å². The lowest BCUT2D eigenvalue weighted by Gasteiger charge is -2.15. The van der Waals surface area contributed by atoms with E-state index in [-0.39, 0.29) is 11.9 Å². The maximum Gasteiger partial charge on any atom is 0.230 e. The molecule has 0 saturated heterocycles. The second-order valence-corrected chi connectivity index (χ2v) is 6.93. The monoisotopic (exact) mass is 356 g/mol. The maximum absolute atomic E-state index is 12.1. The number of fused-ring (bicyclic) bond motifs is 1. The molecule has 2 aromatic carbocycles. The molecule has 3 rings (SSSR count). The summed E-state index contributed by atoms with van der Waals surface area (Å²) in [4.78, 5) is 16.3. The Balaban J connectivity index is 1.59. The van der Waals surface area contributed by atoms with Gasteiger partial charge in [-0.05, 0) is 41.5 Å². The quantitative estimate of drug-likeness (QED) is 0.664. The van der Waals surface area contributed by atoms with E-state index < -0.39 is 0 Å². The average Bonchev–Trinajstić information content (AvgIpc) is 2.61. The standard InChI is InChI=1S/C19H17ClN2OS/c1-13(15-7-6-14-4-2-3-5-16(14)10-15)22-18(23)12-24-19-9-8-17(20)11-21-19/h2-11,13H,12H2,1H3,(H,22,23). The summed E-state index contributed by atoms with van der Waals surface area (Å²) >= 11 is 7.20. The number of rotatable bonds is 5. The smallest absolute Gasteiger partial charge is 0.230 e. The molecule has 1 atom stereocenters. The van der Waals surface area contributed by atoms with Gasteiger partial charge in [-0.25, -0.2) is 4.98 Å². The molecule has 0 saturated carbocycles. The van der Waals surface area contributed by atoms with Gasteiger partial charge in [-0.3, -0.25) is 4.79 Å². The number of aromatic nitrogens is 1. The number of nitrogens with zero attached hydrogens (tertiary/aromatic N) is 1. The van der Waals surface area contributed by atoms with Crippen molar-refractivity contribution in [3.8, 4) is 0 Å². The molecule has 1 amide bonds. The van der Waals surface area contributed by atoms with E-state index in [1.165, 1.54) is 22.5 Å². The second kappa shape index (κ2) is 7.69. The first-order valence-corrected chi connectivity index (χ1v) is 9.00. The highest BCUT2D eigenvalue weighted by molar-refractivity contribution is 7.99. The van der Waals surface area contributed by atoms with Crippen LogP contribution in [0.3, 0.4) is 0 Å². The van der Waals surface area contributed by atoms with E-state index in [0.717, 1.165) is 10.6 Å². The zero-order valence-corrected chi connectivity index (χ0v) is 14.8. The number of halogens is 1. The zero-order valence-electron chi connectivity index (χ0n) is 13.2. The SMILES string of the molecule is CC(NC(=O)CSc1ccc(Cl)cn1)c1ccc2ccccc2c1. The summed E-state index contributed by atoms with van der Waals surface area (Å²) in [5.74, 6) is 0.310. The summed E-state index contributed by atoms with van der Waals surface area (Å²) in [6, 6.07) is 18.0. The minimum absolute atomic E-state index is 0.0163. The number of benzene rings is 2. The molecule has 1 aromatic heterocycles. The summed E-state index contributed by atoms with van der Waals surface area (Å²) in [5, 5.41) is 6.78. The van der Waals surface area contributed by atoms with E-state index in [0.29, 0.717) is 10.8 Å². The molecule has 0 bridgehead atoms. The first kappa shape index (κ1) is 16.8. The zero-order chi connectivity index (χ0) is 16.9. The van der Waals surface area contributed by atoms with Crippen LogP contribution in [0.5, 0.6) is 0 Å². The Morgan fingerprint density at radius 1 is 1.17 bits per heavy atom. The molecule has 1 heterocycles. The van der Waals surface area contributed by atoms with Crippen molar-refractivity contribution in [2.24, 2.45) is 0 Å². The topological polar surface area (TPSA) is 42.0 Å². The van der Waals surface area contributed by atoms with Crippen LogP contribution in [0.2, 0.25) is 5.02 Å². The normalized spacial score (nSPS) is 12.1. The number of pyridine rings is 1. The number of carbonyl (C=O) groups is 1. The predicted octanol–water partition coefficient (Wildman–Crippen LogP) is 4.86. The Kier molecular flexibility index (Phi) is 5.38. The van der Waals surface area contributed by atoms with Crippen LogP contribution in [0.15, 0.2) is 65.8 Å². The number of hydrogen-bond donors (Lipinski definition) is 1. The number of amides is 1. The van der Waals surface area contributed by atoms with Crippen LogP contribution in [0.1, 0.15) is 18.5 Å². The Bertz CT molecular complexity index is 851. The molecule has 0 aliphatic heterocycles. The first-order valence-electron chi connectivity index (χ1n) is 7.64. The summed E-state index contributed by atoms with van der Waals surface area (Å²) < 4.78 is 0.